The standard InChI is InChI=1S/C26H21ClN2O2S/c27-20-5-3-4-18(14-20)16-29-22-6-1-2-7-23(22)32-24(26(29)31)15-17-8-10-19(11-9-17)25(30)28-21-12-13-21/h1-11,14-15,21H,12-13,16H2,(H,28,30)/b24-15+. The van der Waals surface area contributed by atoms with E-state index in [2.05, 4.69) is 5.32 Å². The summed E-state index contributed by atoms with van der Waals surface area (Å²) in [5.74, 6) is -0.0966. The maximum absolute atomic E-state index is 13.4. The summed E-state index contributed by atoms with van der Waals surface area (Å²) >= 11 is 7.62. The van der Waals surface area contributed by atoms with Crippen molar-refractivity contribution < 1.29 is 9.59 Å². The Morgan fingerprint density at radius 1 is 1.06 bits per heavy atom. The summed E-state index contributed by atoms with van der Waals surface area (Å²) in [4.78, 5) is 29.1. The van der Waals surface area contributed by atoms with Crippen molar-refractivity contribution in [2.45, 2.75) is 30.3 Å². The highest BCUT2D eigenvalue weighted by atomic mass is 35.5. The highest BCUT2D eigenvalue weighted by Crippen LogP contribution is 2.42. The van der Waals surface area contributed by atoms with E-state index in [1.165, 1.54) is 11.8 Å². The van der Waals surface area contributed by atoms with E-state index in [-0.39, 0.29) is 11.8 Å². The van der Waals surface area contributed by atoms with E-state index in [0.717, 1.165) is 34.6 Å². The fraction of sp³-hybridized carbons (Fsp3) is 0.154. The zero-order chi connectivity index (χ0) is 22.1. The number of hydrogen-bond donors (Lipinski definition) is 1. The first-order valence-corrected chi connectivity index (χ1v) is 11.7. The number of para-hydroxylation sites is 1. The van der Waals surface area contributed by atoms with Gasteiger partial charge in [0, 0.05) is 21.5 Å². The van der Waals surface area contributed by atoms with Crippen molar-refractivity contribution in [1.82, 2.24) is 5.32 Å². The van der Waals surface area contributed by atoms with Crippen LogP contribution >= 0.6 is 23.4 Å². The van der Waals surface area contributed by atoms with Crippen LogP contribution in [0.15, 0.2) is 82.6 Å². The number of fused-ring (bicyclic) bond motifs is 1. The summed E-state index contributed by atoms with van der Waals surface area (Å²) in [5.41, 5.74) is 3.38. The van der Waals surface area contributed by atoms with Crippen LogP contribution in [0.2, 0.25) is 5.02 Å². The number of nitrogens with one attached hydrogen (secondary N) is 1. The molecule has 2 aliphatic rings. The second kappa shape index (κ2) is 8.85. The zero-order valence-electron chi connectivity index (χ0n) is 17.3. The molecule has 1 fully saturated rings. The van der Waals surface area contributed by atoms with Gasteiger partial charge in [-0.2, -0.15) is 0 Å². The molecule has 3 aromatic rings. The summed E-state index contributed by atoms with van der Waals surface area (Å²) < 4.78 is 0. The summed E-state index contributed by atoms with van der Waals surface area (Å²) in [6.07, 6.45) is 4.00. The molecule has 0 unspecified atom stereocenters. The topological polar surface area (TPSA) is 49.4 Å². The van der Waals surface area contributed by atoms with Crippen molar-refractivity contribution in [3.05, 3.63) is 99.4 Å². The first kappa shape index (κ1) is 20.9. The minimum absolute atomic E-state index is 0.0450. The molecule has 6 heteroatoms. The number of carbonyl (C=O) groups is 2. The molecule has 160 valence electrons. The normalized spacial score (nSPS) is 16.7. The van der Waals surface area contributed by atoms with Crippen LogP contribution in [-0.4, -0.2) is 17.9 Å². The van der Waals surface area contributed by atoms with E-state index in [1.807, 2.05) is 66.7 Å². The Kier molecular flexibility index (Phi) is 5.77. The van der Waals surface area contributed by atoms with E-state index in [9.17, 15) is 9.59 Å². The number of nitrogens with zero attached hydrogens (tertiary/aromatic N) is 1. The monoisotopic (exact) mass is 460 g/mol. The molecule has 1 aliphatic heterocycles. The number of rotatable bonds is 5. The number of thioether (sulfide) groups is 1. The SMILES string of the molecule is O=C(NC1CC1)c1ccc(/C=C2/Sc3ccccc3N(Cc3cccc(Cl)c3)C2=O)cc1. The summed E-state index contributed by atoms with van der Waals surface area (Å²) in [6.45, 7) is 0.439. The maximum Gasteiger partial charge on any atom is 0.265 e. The quantitative estimate of drug-likeness (QED) is 0.481. The number of amides is 2. The lowest BCUT2D eigenvalue weighted by Crippen LogP contribution is -2.33. The highest BCUT2D eigenvalue weighted by molar-refractivity contribution is 8.04. The van der Waals surface area contributed by atoms with Crippen LogP contribution < -0.4 is 10.2 Å². The van der Waals surface area contributed by atoms with Crippen molar-refractivity contribution in [3.63, 3.8) is 0 Å². The lowest BCUT2D eigenvalue weighted by Gasteiger charge is -2.30. The van der Waals surface area contributed by atoms with Gasteiger partial charge in [0.05, 0.1) is 17.1 Å². The van der Waals surface area contributed by atoms with Gasteiger partial charge in [-0.15, -0.1) is 0 Å². The summed E-state index contributed by atoms with van der Waals surface area (Å²) in [5, 5.41) is 3.64. The number of benzene rings is 3. The van der Waals surface area contributed by atoms with Crippen LogP contribution in [0.1, 0.15) is 34.3 Å². The highest BCUT2D eigenvalue weighted by Gasteiger charge is 2.29. The van der Waals surface area contributed by atoms with Gasteiger partial charge < -0.3 is 10.2 Å². The fourth-order valence-electron chi connectivity index (χ4n) is 3.62. The largest absolute Gasteiger partial charge is 0.349 e. The minimum atomic E-state index is -0.0516. The molecule has 0 saturated heterocycles. The van der Waals surface area contributed by atoms with Gasteiger partial charge in [-0.25, -0.2) is 0 Å². The molecule has 2 amide bonds. The summed E-state index contributed by atoms with van der Waals surface area (Å²) in [6, 6.07) is 23.2. The fourth-order valence-corrected chi connectivity index (χ4v) is 4.89. The molecule has 1 saturated carbocycles. The molecule has 0 spiro atoms. The number of carbonyl (C=O) groups excluding carboxylic acids is 2. The summed E-state index contributed by atoms with van der Waals surface area (Å²) in [7, 11) is 0. The number of hydrogen-bond acceptors (Lipinski definition) is 3. The lowest BCUT2D eigenvalue weighted by molar-refractivity contribution is -0.114. The Morgan fingerprint density at radius 3 is 2.59 bits per heavy atom. The van der Waals surface area contributed by atoms with E-state index < -0.39 is 0 Å². The van der Waals surface area contributed by atoms with Crippen LogP contribution in [0, 0.1) is 0 Å². The zero-order valence-corrected chi connectivity index (χ0v) is 18.8. The van der Waals surface area contributed by atoms with Crippen molar-refractivity contribution in [2.75, 3.05) is 4.90 Å². The third-order valence-corrected chi connectivity index (χ3v) is 6.76. The van der Waals surface area contributed by atoms with Gasteiger partial charge in [0.2, 0.25) is 0 Å². The second-order valence-corrected chi connectivity index (χ2v) is 9.49. The van der Waals surface area contributed by atoms with Gasteiger partial charge >= 0.3 is 0 Å². The molecule has 5 rings (SSSR count). The molecule has 0 atom stereocenters. The predicted molar refractivity (Wildman–Crippen MR) is 130 cm³/mol. The average molecular weight is 461 g/mol. The van der Waals surface area contributed by atoms with Crippen molar-refractivity contribution in [1.29, 1.82) is 0 Å². The van der Waals surface area contributed by atoms with E-state index in [1.54, 1.807) is 17.0 Å². The molecule has 1 aliphatic carbocycles. The van der Waals surface area contributed by atoms with Crippen LogP contribution in [0.25, 0.3) is 6.08 Å². The van der Waals surface area contributed by atoms with Crippen molar-refractivity contribution >= 4 is 46.9 Å². The van der Waals surface area contributed by atoms with Gasteiger partial charge in [0.1, 0.15) is 0 Å². The molecule has 0 aromatic heterocycles. The Morgan fingerprint density at radius 2 is 1.84 bits per heavy atom. The Balaban J connectivity index is 1.42. The van der Waals surface area contributed by atoms with Crippen LogP contribution in [-0.2, 0) is 11.3 Å². The maximum atomic E-state index is 13.4. The minimum Gasteiger partial charge on any atom is -0.349 e. The molecule has 1 heterocycles. The molecule has 0 bridgehead atoms. The molecule has 1 N–H and O–H groups in total. The van der Waals surface area contributed by atoms with E-state index in [4.69, 9.17) is 11.6 Å². The smallest absolute Gasteiger partial charge is 0.265 e. The second-order valence-electron chi connectivity index (χ2n) is 7.97. The molecule has 4 nitrogen and oxygen atoms in total. The first-order valence-electron chi connectivity index (χ1n) is 10.5. The third kappa shape index (κ3) is 4.59. The third-order valence-electron chi connectivity index (χ3n) is 5.44. The van der Waals surface area contributed by atoms with Gasteiger partial charge in [-0.3, -0.25) is 9.59 Å². The molecule has 0 radical (unpaired) electrons. The molecular weight excluding hydrogens is 440 g/mol. The van der Waals surface area contributed by atoms with Gasteiger partial charge in [-0.05, 0) is 66.4 Å². The number of halogens is 1. The van der Waals surface area contributed by atoms with Crippen molar-refractivity contribution in [2.24, 2.45) is 0 Å². The van der Waals surface area contributed by atoms with Crippen molar-refractivity contribution in [3.8, 4) is 0 Å². The van der Waals surface area contributed by atoms with Gasteiger partial charge in [0.15, 0.2) is 0 Å². The first-order chi connectivity index (χ1) is 15.6. The van der Waals surface area contributed by atoms with Crippen LogP contribution in [0.5, 0.6) is 0 Å². The molecule has 32 heavy (non-hydrogen) atoms. The van der Waals surface area contributed by atoms with E-state index >= 15 is 0 Å². The van der Waals surface area contributed by atoms with Gasteiger partial charge in [-0.1, -0.05) is 59.8 Å². The predicted octanol–water partition coefficient (Wildman–Crippen LogP) is 5.91. The Hall–Kier alpha value is -3.02. The van der Waals surface area contributed by atoms with Crippen LogP contribution in [0.4, 0.5) is 5.69 Å². The van der Waals surface area contributed by atoms with Crippen LogP contribution in [0.3, 0.4) is 0 Å². The Labute approximate surface area is 196 Å². The van der Waals surface area contributed by atoms with Gasteiger partial charge in [0.25, 0.3) is 11.8 Å². The molecule has 3 aromatic carbocycles. The van der Waals surface area contributed by atoms with E-state index in [0.29, 0.717) is 28.1 Å². The average Bonchev–Trinajstić information content (AvgIpc) is 3.61. The number of anilines is 1. The Bertz CT molecular complexity index is 1220. The molecular formula is C26H21ClN2O2S. The lowest BCUT2D eigenvalue weighted by atomic mass is 10.1.